The second-order valence-electron chi connectivity index (χ2n) is 5.22. The molecule has 22 heavy (non-hydrogen) atoms. The number of rotatable bonds is 2. The van der Waals surface area contributed by atoms with Crippen LogP contribution in [0, 0.1) is 0 Å². The van der Waals surface area contributed by atoms with Gasteiger partial charge < -0.3 is 14.4 Å². The lowest BCUT2D eigenvalue weighted by Gasteiger charge is -2.33. The summed E-state index contributed by atoms with van der Waals surface area (Å²) in [5.74, 6) is 0.984. The Morgan fingerprint density at radius 2 is 1.68 bits per heavy atom. The fraction of sp³-hybridized carbons (Fsp3) is 0.500. The summed E-state index contributed by atoms with van der Waals surface area (Å²) >= 11 is 0. The molecular weight excluding hydrogens is 308 g/mol. The van der Waals surface area contributed by atoms with Crippen LogP contribution in [-0.2, 0) is 14.8 Å². The van der Waals surface area contributed by atoms with E-state index in [2.05, 4.69) is 0 Å². The molecule has 0 saturated carbocycles. The molecule has 1 fully saturated rings. The number of carbonyl (C=O) groups is 1. The van der Waals surface area contributed by atoms with Crippen LogP contribution in [0.3, 0.4) is 0 Å². The van der Waals surface area contributed by atoms with E-state index in [0.717, 1.165) is 0 Å². The molecule has 1 aromatic rings. The average molecular weight is 326 g/mol. The van der Waals surface area contributed by atoms with Gasteiger partial charge in [-0.25, -0.2) is 8.42 Å². The second kappa shape index (κ2) is 5.77. The maximum absolute atomic E-state index is 12.7. The van der Waals surface area contributed by atoms with Gasteiger partial charge in [-0.15, -0.1) is 0 Å². The highest BCUT2D eigenvalue weighted by Crippen LogP contribution is 2.33. The van der Waals surface area contributed by atoms with E-state index in [1.807, 2.05) is 0 Å². The van der Waals surface area contributed by atoms with Crippen LogP contribution in [0.15, 0.2) is 23.1 Å². The first-order valence-corrected chi connectivity index (χ1v) is 8.58. The van der Waals surface area contributed by atoms with E-state index in [1.54, 1.807) is 11.0 Å². The molecule has 0 aromatic heterocycles. The third-order valence-electron chi connectivity index (χ3n) is 3.84. The van der Waals surface area contributed by atoms with Crippen LogP contribution < -0.4 is 9.47 Å². The van der Waals surface area contributed by atoms with Gasteiger partial charge in [0.15, 0.2) is 11.5 Å². The van der Waals surface area contributed by atoms with E-state index in [4.69, 9.17) is 9.47 Å². The predicted molar refractivity (Wildman–Crippen MR) is 78.4 cm³/mol. The van der Waals surface area contributed by atoms with Crippen LogP contribution in [0.5, 0.6) is 11.5 Å². The minimum absolute atomic E-state index is 0.0311. The Labute approximate surface area is 129 Å². The van der Waals surface area contributed by atoms with Crippen LogP contribution in [-0.4, -0.2) is 62.9 Å². The molecule has 2 aliphatic heterocycles. The summed E-state index contributed by atoms with van der Waals surface area (Å²) in [4.78, 5) is 13.1. The Hall–Kier alpha value is -1.80. The molecule has 120 valence electrons. The lowest BCUT2D eigenvalue weighted by Crippen LogP contribution is -2.49. The van der Waals surface area contributed by atoms with Gasteiger partial charge in [0.25, 0.3) is 0 Å². The van der Waals surface area contributed by atoms with Crippen molar-refractivity contribution < 1.29 is 22.7 Å². The number of hydrogen-bond acceptors (Lipinski definition) is 5. The van der Waals surface area contributed by atoms with Crippen molar-refractivity contribution in [3.63, 3.8) is 0 Å². The number of amides is 1. The molecule has 0 radical (unpaired) electrons. The Morgan fingerprint density at radius 1 is 1.05 bits per heavy atom. The van der Waals surface area contributed by atoms with Gasteiger partial charge in [0.2, 0.25) is 15.9 Å². The lowest BCUT2D eigenvalue weighted by molar-refractivity contribution is -0.129. The molecule has 0 bridgehead atoms. The summed E-state index contributed by atoms with van der Waals surface area (Å²) in [5, 5.41) is 0. The SMILES string of the molecule is CC(=O)N1CCN(S(=O)(=O)c2ccc3c(c2)OCCO3)CC1. The van der Waals surface area contributed by atoms with Gasteiger partial charge in [-0.3, -0.25) is 4.79 Å². The molecule has 8 heteroatoms. The van der Waals surface area contributed by atoms with E-state index in [0.29, 0.717) is 50.9 Å². The number of sulfonamides is 1. The zero-order valence-electron chi connectivity index (χ0n) is 12.3. The topological polar surface area (TPSA) is 76.2 Å². The molecule has 2 aliphatic rings. The third-order valence-corrected chi connectivity index (χ3v) is 5.73. The molecule has 1 amide bonds. The van der Waals surface area contributed by atoms with E-state index in [-0.39, 0.29) is 10.8 Å². The normalized spacial score (nSPS) is 19.0. The Kier molecular flexibility index (Phi) is 3.96. The number of hydrogen-bond donors (Lipinski definition) is 0. The molecule has 0 atom stereocenters. The molecule has 2 heterocycles. The number of carbonyl (C=O) groups excluding carboxylic acids is 1. The number of fused-ring (bicyclic) bond motifs is 1. The lowest BCUT2D eigenvalue weighted by atomic mass is 10.3. The zero-order valence-corrected chi connectivity index (χ0v) is 13.1. The monoisotopic (exact) mass is 326 g/mol. The van der Waals surface area contributed by atoms with Crippen molar-refractivity contribution in [2.24, 2.45) is 0 Å². The summed E-state index contributed by atoms with van der Waals surface area (Å²) in [6.45, 7) is 3.80. The number of benzene rings is 1. The highest BCUT2D eigenvalue weighted by molar-refractivity contribution is 7.89. The summed E-state index contributed by atoms with van der Waals surface area (Å²) in [5.41, 5.74) is 0. The molecule has 1 saturated heterocycles. The summed E-state index contributed by atoms with van der Waals surface area (Å²) in [7, 11) is -3.58. The van der Waals surface area contributed by atoms with Gasteiger partial charge in [-0.2, -0.15) is 4.31 Å². The third kappa shape index (κ3) is 2.76. The largest absolute Gasteiger partial charge is 0.486 e. The van der Waals surface area contributed by atoms with Crippen molar-refractivity contribution in [2.75, 3.05) is 39.4 Å². The van der Waals surface area contributed by atoms with Crippen LogP contribution in [0.1, 0.15) is 6.92 Å². The minimum Gasteiger partial charge on any atom is -0.486 e. The number of piperazine rings is 1. The highest BCUT2D eigenvalue weighted by atomic mass is 32.2. The van der Waals surface area contributed by atoms with Crippen LogP contribution in [0.25, 0.3) is 0 Å². The van der Waals surface area contributed by atoms with Gasteiger partial charge >= 0.3 is 0 Å². The summed E-state index contributed by atoms with van der Waals surface area (Å²) in [6, 6.07) is 4.65. The predicted octanol–water partition coefficient (Wildman–Crippen LogP) is 0.311. The molecule has 0 unspecified atom stereocenters. The van der Waals surface area contributed by atoms with Gasteiger partial charge in [-0.05, 0) is 12.1 Å². The van der Waals surface area contributed by atoms with Crippen molar-refractivity contribution in [3.8, 4) is 11.5 Å². The first kappa shape index (κ1) is 15.1. The van der Waals surface area contributed by atoms with Gasteiger partial charge in [0.1, 0.15) is 13.2 Å². The second-order valence-corrected chi connectivity index (χ2v) is 7.15. The Bertz CT molecular complexity index is 680. The molecule has 7 nitrogen and oxygen atoms in total. The first-order valence-electron chi connectivity index (χ1n) is 7.14. The minimum atomic E-state index is -3.58. The average Bonchev–Trinajstić information content (AvgIpc) is 2.54. The smallest absolute Gasteiger partial charge is 0.243 e. The maximum atomic E-state index is 12.7. The molecule has 3 rings (SSSR count). The van der Waals surface area contributed by atoms with Crippen molar-refractivity contribution in [3.05, 3.63) is 18.2 Å². The van der Waals surface area contributed by atoms with Gasteiger partial charge in [-0.1, -0.05) is 0 Å². The van der Waals surface area contributed by atoms with Gasteiger partial charge in [0, 0.05) is 39.2 Å². The van der Waals surface area contributed by atoms with Gasteiger partial charge in [0.05, 0.1) is 4.90 Å². The Balaban J connectivity index is 1.80. The van der Waals surface area contributed by atoms with Crippen LogP contribution in [0.2, 0.25) is 0 Å². The highest BCUT2D eigenvalue weighted by Gasteiger charge is 2.30. The molecular formula is C14H18N2O5S. The fourth-order valence-corrected chi connectivity index (χ4v) is 4.01. The number of ether oxygens (including phenoxy) is 2. The van der Waals surface area contributed by atoms with Crippen molar-refractivity contribution in [2.45, 2.75) is 11.8 Å². The van der Waals surface area contributed by atoms with E-state index in [9.17, 15) is 13.2 Å². The quantitative estimate of drug-likeness (QED) is 0.782. The van der Waals surface area contributed by atoms with E-state index < -0.39 is 10.0 Å². The molecule has 0 aliphatic carbocycles. The van der Waals surface area contributed by atoms with E-state index in [1.165, 1.54) is 23.4 Å². The van der Waals surface area contributed by atoms with Crippen LogP contribution in [0.4, 0.5) is 0 Å². The standard InChI is InChI=1S/C14H18N2O5S/c1-11(17)15-4-6-16(7-5-15)22(18,19)12-2-3-13-14(10-12)21-9-8-20-13/h2-3,10H,4-9H2,1H3. The van der Waals surface area contributed by atoms with Crippen molar-refractivity contribution >= 4 is 15.9 Å². The zero-order chi connectivity index (χ0) is 15.7. The summed E-state index contributed by atoms with van der Waals surface area (Å²) in [6.07, 6.45) is 0. The van der Waals surface area contributed by atoms with Crippen molar-refractivity contribution in [1.82, 2.24) is 9.21 Å². The van der Waals surface area contributed by atoms with Crippen molar-refractivity contribution in [1.29, 1.82) is 0 Å². The molecule has 1 aromatic carbocycles. The van der Waals surface area contributed by atoms with Crippen LogP contribution >= 0.6 is 0 Å². The fourth-order valence-electron chi connectivity index (χ4n) is 2.58. The number of nitrogens with zero attached hydrogens (tertiary/aromatic N) is 2. The first-order chi connectivity index (χ1) is 10.5. The Morgan fingerprint density at radius 3 is 2.32 bits per heavy atom. The molecule has 0 N–H and O–H groups in total. The summed E-state index contributed by atoms with van der Waals surface area (Å²) < 4.78 is 37.6. The maximum Gasteiger partial charge on any atom is 0.243 e. The van der Waals surface area contributed by atoms with E-state index >= 15 is 0 Å². The molecule has 0 spiro atoms.